The van der Waals surface area contributed by atoms with Gasteiger partial charge in [0.1, 0.15) is 23.9 Å². The third-order valence-electron chi connectivity index (χ3n) is 5.19. The normalized spacial score (nSPS) is 18.1. The van der Waals surface area contributed by atoms with Crippen molar-refractivity contribution in [1.82, 2.24) is 19.4 Å². The molecular formula is C19H21ClF3N5. The smallest absolute Gasteiger partial charge is 0.371 e. The van der Waals surface area contributed by atoms with Gasteiger partial charge in [-0.2, -0.15) is 13.2 Å². The van der Waals surface area contributed by atoms with Gasteiger partial charge in [-0.3, -0.25) is 0 Å². The van der Waals surface area contributed by atoms with Crippen molar-refractivity contribution in [3.8, 4) is 0 Å². The van der Waals surface area contributed by atoms with E-state index in [2.05, 4.69) is 33.9 Å². The monoisotopic (exact) mass is 411 g/mol. The maximum atomic E-state index is 13.2. The van der Waals surface area contributed by atoms with E-state index >= 15 is 0 Å². The van der Waals surface area contributed by atoms with E-state index in [-0.39, 0.29) is 10.7 Å². The van der Waals surface area contributed by atoms with Crippen molar-refractivity contribution in [2.75, 3.05) is 38.6 Å². The predicted molar refractivity (Wildman–Crippen MR) is 105 cm³/mol. The van der Waals surface area contributed by atoms with E-state index in [0.29, 0.717) is 22.3 Å². The number of anilines is 1. The Hall–Kier alpha value is -2.06. The Morgan fingerprint density at radius 1 is 1.25 bits per heavy atom. The van der Waals surface area contributed by atoms with Gasteiger partial charge in [-0.05, 0) is 44.6 Å². The number of hydrogen-bond donors (Lipinski definition) is 0. The molecule has 1 saturated heterocycles. The third kappa shape index (κ3) is 3.63. The van der Waals surface area contributed by atoms with E-state index in [1.165, 1.54) is 6.33 Å². The minimum absolute atomic E-state index is 0.0271. The molecule has 3 heterocycles. The summed E-state index contributed by atoms with van der Waals surface area (Å²) in [5.41, 5.74) is 2.13. The summed E-state index contributed by atoms with van der Waals surface area (Å²) in [6.07, 6.45) is -1.98. The molecule has 0 amide bonds. The average Bonchev–Trinajstić information content (AvgIpc) is 3.17. The van der Waals surface area contributed by atoms with E-state index in [1.807, 2.05) is 12.1 Å². The number of fused-ring (bicyclic) bond motifs is 3. The van der Waals surface area contributed by atoms with Crippen LogP contribution in [0.2, 0.25) is 5.15 Å². The van der Waals surface area contributed by atoms with Crippen LogP contribution >= 0.6 is 11.6 Å². The minimum atomic E-state index is -4.37. The SMILES string of the molecule is CN(C)CC1CCN(c2ccc3c(c2)c2ncnc(Cl)c2n3CC(F)(F)F)C1. The van der Waals surface area contributed by atoms with Crippen LogP contribution in [0.3, 0.4) is 0 Å². The first kappa shape index (κ1) is 19.3. The lowest BCUT2D eigenvalue weighted by Gasteiger charge is -2.20. The van der Waals surface area contributed by atoms with Crippen molar-refractivity contribution in [2.45, 2.75) is 19.1 Å². The van der Waals surface area contributed by atoms with Crippen LogP contribution < -0.4 is 4.90 Å². The van der Waals surface area contributed by atoms with Crippen molar-refractivity contribution in [3.63, 3.8) is 0 Å². The summed E-state index contributed by atoms with van der Waals surface area (Å²) in [6, 6.07) is 5.53. The highest BCUT2D eigenvalue weighted by Crippen LogP contribution is 2.36. The molecule has 0 spiro atoms. The van der Waals surface area contributed by atoms with Gasteiger partial charge in [0.25, 0.3) is 0 Å². The van der Waals surface area contributed by atoms with E-state index in [4.69, 9.17) is 11.6 Å². The van der Waals surface area contributed by atoms with Gasteiger partial charge < -0.3 is 14.4 Å². The number of halogens is 4. The fraction of sp³-hybridized carbons (Fsp3) is 0.474. The lowest BCUT2D eigenvalue weighted by atomic mass is 10.1. The van der Waals surface area contributed by atoms with Gasteiger partial charge in [-0.1, -0.05) is 11.6 Å². The van der Waals surface area contributed by atoms with Crippen LogP contribution in [0.5, 0.6) is 0 Å². The second-order valence-corrected chi connectivity index (χ2v) is 7.99. The van der Waals surface area contributed by atoms with Crippen molar-refractivity contribution in [2.24, 2.45) is 5.92 Å². The number of alkyl halides is 3. The first-order chi connectivity index (χ1) is 13.2. The molecule has 1 fully saturated rings. The number of benzene rings is 1. The molecule has 4 rings (SSSR count). The van der Waals surface area contributed by atoms with E-state index < -0.39 is 12.7 Å². The summed E-state index contributed by atoms with van der Waals surface area (Å²) in [4.78, 5) is 12.6. The molecule has 0 aliphatic carbocycles. The first-order valence-corrected chi connectivity index (χ1v) is 9.49. The van der Waals surface area contributed by atoms with Crippen LogP contribution in [0, 0.1) is 5.92 Å². The highest BCUT2D eigenvalue weighted by Gasteiger charge is 2.31. The topological polar surface area (TPSA) is 37.2 Å². The highest BCUT2D eigenvalue weighted by molar-refractivity contribution is 6.34. The molecule has 1 unspecified atom stereocenters. The molecule has 5 nitrogen and oxygen atoms in total. The van der Waals surface area contributed by atoms with Gasteiger partial charge in [0.05, 0.1) is 5.52 Å². The average molecular weight is 412 g/mol. The van der Waals surface area contributed by atoms with Gasteiger partial charge in [0, 0.05) is 30.7 Å². The Bertz CT molecular complexity index is 1010. The van der Waals surface area contributed by atoms with Crippen molar-refractivity contribution < 1.29 is 13.2 Å². The minimum Gasteiger partial charge on any atom is -0.371 e. The lowest BCUT2D eigenvalue weighted by Crippen LogP contribution is -2.25. The Kier molecular flexibility index (Phi) is 4.87. The van der Waals surface area contributed by atoms with E-state index in [1.54, 1.807) is 6.07 Å². The Morgan fingerprint density at radius 2 is 2.04 bits per heavy atom. The quantitative estimate of drug-likeness (QED) is 0.603. The number of hydrogen-bond acceptors (Lipinski definition) is 4. The maximum Gasteiger partial charge on any atom is 0.406 e. The molecule has 28 heavy (non-hydrogen) atoms. The predicted octanol–water partition coefficient (Wildman–Crippen LogP) is 4.19. The Balaban J connectivity index is 1.78. The molecule has 150 valence electrons. The van der Waals surface area contributed by atoms with Crippen LogP contribution in [-0.4, -0.2) is 59.3 Å². The van der Waals surface area contributed by atoms with Crippen molar-refractivity contribution in [1.29, 1.82) is 0 Å². The molecule has 9 heteroatoms. The summed E-state index contributed by atoms with van der Waals surface area (Å²) in [5.74, 6) is 0.578. The first-order valence-electron chi connectivity index (χ1n) is 9.12. The summed E-state index contributed by atoms with van der Waals surface area (Å²) >= 11 is 6.14. The van der Waals surface area contributed by atoms with Crippen LogP contribution in [-0.2, 0) is 6.54 Å². The molecule has 1 aliphatic rings. The molecule has 1 aliphatic heterocycles. The fourth-order valence-corrected chi connectivity index (χ4v) is 4.37. The van der Waals surface area contributed by atoms with Crippen LogP contribution in [0.4, 0.5) is 18.9 Å². The summed E-state index contributed by atoms with van der Waals surface area (Å²) < 4.78 is 40.6. The Labute approximate surface area is 165 Å². The van der Waals surface area contributed by atoms with Crippen LogP contribution in [0.25, 0.3) is 21.9 Å². The fourth-order valence-electron chi connectivity index (χ4n) is 4.14. The molecule has 3 aromatic rings. The molecule has 0 bridgehead atoms. The molecule has 0 saturated carbocycles. The van der Waals surface area contributed by atoms with Crippen LogP contribution in [0.1, 0.15) is 6.42 Å². The van der Waals surface area contributed by atoms with Gasteiger partial charge >= 0.3 is 6.18 Å². The zero-order valence-electron chi connectivity index (χ0n) is 15.7. The molecule has 2 aromatic heterocycles. The van der Waals surface area contributed by atoms with Gasteiger partial charge in [-0.15, -0.1) is 0 Å². The second-order valence-electron chi connectivity index (χ2n) is 7.63. The second kappa shape index (κ2) is 7.08. The third-order valence-corrected chi connectivity index (χ3v) is 5.46. The number of aromatic nitrogens is 3. The highest BCUT2D eigenvalue weighted by atomic mass is 35.5. The lowest BCUT2D eigenvalue weighted by molar-refractivity contribution is -0.139. The molecular weight excluding hydrogens is 391 g/mol. The van der Waals surface area contributed by atoms with Gasteiger partial charge in [0.2, 0.25) is 0 Å². The van der Waals surface area contributed by atoms with Gasteiger partial charge in [-0.25, -0.2) is 9.97 Å². The van der Waals surface area contributed by atoms with E-state index in [9.17, 15) is 13.2 Å². The molecule has 1 aromatic carbocycles. The maximum absolute atomic E-state index is 13.2. The van der Waals surface area contributed by atoms with Crippen LogP contribution in [0.15, 0.2) is 24.5 Å². The molecule has 0 radical (unpaired) electrons. The van der Waals surface area contributed by atoms with Gasteiger partial charge in [0.15, 0.2) is 5.15 Å². The summed E-state index contributed by atoms with van der Waals surface area (Å²) in [6.45, 7) is 1.75. The standard InChI is InChI=1S/C19H21ClF3N5/c1-26(2)8-12-5-6-27(9-12)13-3-4-15-14(7-13)16-17(18(20)25-11-24-16)28(15)10-19(21,22)23/h3-4,7,11-12H,5-6,8-10H2,1-2H3. The summed E-state index contributed by atoms with van der Waals surface area (Å²) in [5, 5.41) is 0.691. The Morgan fingerprint density at radius 3 is 2.75 bits per heavy atom. The number of nitrogens with zero attached hydrogens (tertiary/aromatic N) is 5. The zero-order valence-corrected chi connectivity index (χ0v) is 16.4. The van der Waals surface area contributed by atoms with E-state index in [0.717, 1.165) is 36.3 Å². The van der Waals surface area contributed by atoms with Crippen molar-refractivity contribution in [3.05, 3.63) is 29.7 Å². The zero-order chi connectivity index (χ0) is 20.1. The van der Waals surface area contributed by atoms with Crippen molar-refractivity contribution >= 4 is 39.2 Å². The summed E-state index contributed by atoms with van der Waals surface area (Å²) in [7, 11) is 4.13. The molecule has 1 atom stereocenters. The largest absolute Gasteiger partial charge is 0.406 e. The number of rotatable bonds is 4. The molecule has 0 N–H and O–H groups in total.